The van der Waals surface area contributed by atoms with Gasteiger partial charge in [-0.2, -0.15) is 0 Å². The third kappa shape index (κ3) is 3.25. The number of hydrogen-bond donors (Lipinski definition) is 2. The van der Waals surface area contributed by atoms with Gasteiger partial charge in [0.1, 0.15) is 5.69 Å². The minimum absolute atomic E-state index is 0.245. The van der Waals surface area contributed by atoms with Crippen LogP contribution in [0.1, 0.15) is 23.1 Å². The Morgan fingerprint density at radius 2 is 2.50 bits per heavy atom. The number of nitrogens with one attached hydrogen (secondary N) is 1. The molecule has 0 radical (unpaired) electrons. The zero-order valence-electron chi connectivity index (χ0n) is 10.4. The minimum atomic E-state index is -0.368. The maximum atomic E-state index is 11.4. The molecule has 1 unspecified atom stereocenters. The lowest BCUT2D eigenvalue weighted by Crippen LogP contribution is -2.40. The summed E-state index contributed by atoms with van der Waals surface area (Å²) in [7, 11) is 0. The van der Waals surface area contributed by atoms with Gasteiger partial charge in [-0.25, -0.2) is 10.8 Å². The molecule has 3 N–H and O–H groups in total. The Bertz CT molecular complexity index is 424. The van der Waals surface area contributed by atoms with Crippen LogP contribution in [0.25, 0.3) is 0 Å². The Morgan fingerprint density at radius 1 is 1.67 bits per heavy atom. The lowest BCUT2D eigenvalue weighted by atomic mass is 10.2. The first kappa shape index (κ1) is 12.9. The van der Waals surface area contributed by atoms with E-state index in [1.165, 1.54) is 0 Å². The monoisotopic (exact) mass is 250 g/mol. The SMILES string of the molecule is CC1CN(Cc2cccc(C(=O)NN)n2)CCO1. The third-order valence-corrected chi connectivity index (χ3v) is 2.88. The van der Waals surface area contributed by atoms with Crippen molar-refractivity contribution in [2.24, 2.45) is 5.84 Å². The van der Waals surface area contributed by atoms with Gasteiger partial charge in [0.05, 0.1) is 18.4 Å². The second-order valence-electron chi connectivity index (χ2n) is 4.40. The van der Waals surface area contributed by atoms with Crippen molar-refractivity contribution >= 4 is 5.91 Å². The Labute approximate surface area is 106 Å². The Balaban J connectivity index is 2.02. The molecular weight excluding hydrogens is 232 g/mol. The third-order valence-electron chi connectivity index (χ3n) is 2.88. The van der Waals surface area contributed by atoms with Crippen LogP contribution in [0.5, 0.6) is 0 Å². The van der Waals surface area contributed by atoms with Crippen molar-refractivity contribution in [1.29, 1.82) is 0 Å². The van der Waals surface area contributed by atoms with Crippen molar-refractivity contribution < 1.29 is 9.53 Å². The highest BCUT2D eigenvalue weighted by atomic mass is 16.5. The predicted octanol–water partition coefficient (Wildman–Crippen LogP) is -0.0942. The first-order valence-corrected chi connectivity index (χ1v) is 6.00. The zero-order valence-corrected chi connectivity index (χ0v) is 10.4. The second-order valence-corrected chi connectivity index (χ2v) is 4.40. The molecule has 0 saturated carbocycles. The van der Waals surface area contributed by atoms with E-state index < -0.39 is 0 Å². The van der Waals surface area contributed by atoms with E-state index >= 15 is 0 Å². The standard InChI is InChI=1S/C12H18N4O2/c1-9-7-16(5-6-18-9)8-10-3-2-4-11(14-10)12(17)15-13/h2-4,9H,5-8,13H2,1H3,(H,15,17). The van der Waals surface area contributed by atoms with E-state index in [2.05, 4.69) is 22.2 Å². The summed E-state index contributed by atoms with van der Waals surface area (Å²) in [6, 6.07) is 5.37. The summed E-state index contributed by atoms with van der Waals surface area (Å²) in [5.74, 6) is 4.72. The highest BCUT2D eigenvalue weighted by molar-refractivity contribution is 5.91. The number of rotatable bonds is 3. The second kappa shape index (κ2) is 5.90. The molecule has 1 aliphatic rings. The zero-order chi connectivity index (χ0) is 13.0. The summed E-state index contributed by atoms with van der Waals surface area (Å²) in [6.07, 6.45) is 0.245. The molecule has 1 aromatic rings. The number of aromatic nitrogens is 1. The topological polar surface area (TPSA) is 80.5 Å². The number of carbonyl (C=O) groups excluding carboxylic acids is 1. The molecule has 1 aliphatic heterocycles. The average Bonchev–Trinajstić information content (AvgIpc) is 2.38. The quantitative estimate of drug-likeness (QED) is 0.445. The van der Waals surface area contributed by atoms with Gasteiger partial charge in [0, 0.05) is 19.6 Å². The van der Waals surface area contributed by atoms with E-state index in [0.29, 0.717) is 5.69 Å². The number of pyridine rings is 1. The Kier molecular flexibility index (Phi) is 4.24. The van der Waals surface area contributed by atoms with Gasteiger partial charge in [-0.3, -0.25) is 15.1 Å². The molecule has 1 fully saturated rings. The molecule has 1 amide bonds. The van der Waals surface area contributed by atoms with Crippen LogP contribution in [-0.2, 0) is 11.3 Å². The molecule has 0 aliphatic carbocycles. The van der Waals surface area contributed by atoms with E-state index in [9.17, 15) is 4.79 Å². The number of amides is 1. The molecule has 2 rings (SSSR count). The van der Waals surface area contributed by atoms with Crippen molar-refractivity contribution in [3.63, 3.8) is 0 Å². The number of nitrogen functional groups attached to an aromatic ring is 1. The minimum Gasteiger partial charge on any atom is -0.376 e. The van der Waals surface area contributed by atoms with Gasteiger partial charge in [-0.15, -0.1) is 0 Å². The number of nitrogens with two attached hydrogens (primary N) is 1. The molecule has 0 bridgehead atoms. The van der Waals surface area contributed by atoms with Gasteiger partial charge in [0.25, 0.3) is 5.91 Å². The van der Waals surface area contributed by atoms with Crippen molar-refractivity contribution in [2.45, 2.75) is 19.6 Å². The fraction of sp³-hybridized carbons (Fsp3) is 0.500. The molecule has 1 aromatic heterocycles. The van der Waals surface area contributed by atoms with Gasteiger partial charge in [-0.05, 0) is 19.1 Å². The molecule has 6 heteroatoms. The molecule has 1 atom stereocenters. The fourth-order valence-corrected chi connectivity index (χ4v) is 2.03. The first-order chi connectivity index (χ1) is 8.69. The molecule has 0 aromatic carbocycles. The van der Waals surface area contributed by atoms with Crippen LogP contribution in [0, 0.1) is 0 Å². The summed E-state index contributed by atoms with van der Waals surface area (Å²) in [5.41, 5.74) is 3.29. The number of carbonyl (C=O) groups is 1. The molecule has 2 heterocycles. The van der Waals surface area contributed by atoms with Crippen LogP contribution >= 0.6 is 0 Å². The summed E-state index contributed by atoms with van der Waals surface area (Å²) < 4.78 is 5.48. The van der Waals surface area contributed by atoms with E-state index in [1.54, 1.807) is 6.07 Å². The van der Waals surface area contributed by atoms with Gasteiger partial charge >= 0.3 is 0 Å². The Hall–Kier alpha value is -1.50. The highest BCUT2D eigenvalue weighted by Crippen LogP contribution is 2.09. The van der Waals surface area contributed by atoms with Crippen LogP contribution in [0.3, 0.4) is 0 Å². The van der Waals surface area contributed by atoms with Crippen molar-refractivity contribution in [1.82, 2.24) is 15.3 Å². The summed E-state index contributed by atoms with van der Waals surface area (Å²) in [6.45, 7) is 5.29. The highest BCUT2D eigenvalue weighted by Gasteiger charge is 2.17. The number of ether oxygens (including phenoxy) is 1. The van der Waals surface area contributed by atoms with E-state index in [4.69, 9.17) is 10.6 Å². The van der Waals surface area contributed by atoms with Crippen LogP contribution in [0.15, 0.2) is 18.2 Å². The lowest BCUT2D eigenvalue weighted by molar-refractivity contribution is -0.0216. The number of nitrogens with zero attached hydrogens (tertiary/aromatic N) is 2. The van der Waals surface area contributed by atoms with Crippen molar-refractivity contribution in [2.75, 3.05) is 19.7 Å². The molecule has 6 nitrogen and oxygen atoms in total. The van der Waals surface area contributed by atoms with Crippen LogP contribution < -0.4 is 11.3 Å². The maximum Gasteiger partial charge on any atom is 0.283 e. The normalized spacial score (nSPS) is 20.7. The van der Waals surface area contributed by atoms with Gasteiger partial charge in [0.15, 0.2) is 0 Å². The number of morpholine rings is 1. The summed E-state index contributed by atoms with van der Waals surface area (Å²) >= 11 is 0. The molecule has 18 heavy (non-hydrogen) atoms. The molecule has 1 saturated heterocycles. The van der Waals surface area contributed by atoms with Crippen LogP contribution in [-0.4, -0.2) is 41.6 Å². The first-order valence-electron chi connectivity index (χ1n) is 6.00. The average molecular weight is 250 g/mol. The van der Waals surface area contributed by atoms with E-state index in [-0.39, 0.29) is 12.0 Å². The van der Waals surface area contributed by atoms with Crippen LogP contribution in [0.4, 0.5) is 0 Å². The van der Waals surface area contributed by atoms with Crippen molar-refractivity contribution in [3.8, 4) is 0 Å². The molecular formula is C12H18N4O2. The van der Waals surface area contributed by atoms with Gasteiger partial charge in [-0.1, -0.05) is 6.07 Å². The smallest absolute Gasteiger partial charge is 0.283 e. The lowest BCUT2D eigenvalue weighted by Gasteiger charge is -2.30. The molecule has 98 valence electrons. The maximum absolute atomic E-state index is 11.4. The van der Waals surface area contributed by atoms with E-state index in [0.717, 1.165) is 31.9 Å². The summed E-state index contributed by atoms with van der Waals surface area (Å²) in [4.78, 5) is 17.9. The van der Waals surface area contributed by atoms with E-state index in [1.807, 2.05) is 12.1 Å². The fourth-order valence-electron chi connectivity index (χ4n) is 2.03. The Morgan fingerprint density at radius 3 is 3.22 bits per heavy atom. The number of hydrogen-bond acceptors (Lipinski definition) is 5. The largest absolute Gasteiger partial charge is 0.376 e. The van der Waals surface area contributed by atoms with Gasteiger partial charge < -0.3 is 4.74 Å². The number of hydrazine groups is 1. The van der Waals surface area contributed by atoms with Crippen molar-refractivity contribution in [3.05, 3.63) is 29.6 Å². The van der Waals surface area contributed by atoms with Crippen LogP contribution in [0.2, 0.25) is 0 Å². The molecule has 0 spiro atoms. The predicted molar refractivity (Wildman–Crippen MR) is 66.6 cm³/mol. The summed E-state index contributed by atoms with van der Waals surface area (Å²) in [5, 5.41) is 0. The van der Waals surface area contributed by atoms with Gasteiger partial charge in [0.2, 0.25) is 0 Å².